The van der Waals surface area contributed by atoms with Crippen molar-refractivity contribution in [2.45, 2.75) is 17.7 Å². The standard InChI is InChI=1S/C24H18ClN3O3S2/c25-17-9-11-19(12-10-17)33(30,31)28-18-6-3-5-16(14-18)23(29)27-24-26-22-20-7-2-1-4-15(20)8-13-21(22)32-24/h1-7,9-12,14,28H,8,13H2,(H,26,27,29). The number of halogens is 1. The van der Waals surface area contributed by atoms with Gasteiger partial charge in [0, 0.05) is 26.7 Å². The Kier molecular flexibility index (Phi) is 5.65. The summed E-state index contributed by atoms with van der Waals surface area (Å²) in [5, 5.41) is 3.82. The van der Waals surface area contributed by atoms with Crippen LogP contribution in [-0.4, -0.2) is 19.3 Å². The molecule has 9 heteroatoms. The van der Waals surface area contributed by atoms with E-state index in [1.165, 1.54) is 47.2 Å². The number of fused-ring (bicyclic) bond motifs is 3. The summed E-state index contributed by atoms with van der Waals surface area (Å²) in [7, 11) is -3.81. The second kappa shape index (κ2) is 8.62. The number of anilines is 2. The number of carbonyl (C=O) groups excluding carboxylic acids is 1. The summed E-state index contributed by atoms with van der Waals surface area (Å²) >= 11 is 7.31. The molecule has 0 spiro atoms. The molecule has 2 N–H and O–H groups in total. The maximum absolute atomic E-state index is 12.9. The maximum Gasteiger partial charge on any atom is 0.261 e. The van der Waals surface area contributed by atoms with Gasteiger partial charge in [-0.2, -0.15) is 0 Å². The second-order valence-corrected chi connectivity index (χ2v) is 10.7. The number of carbonyl (C=O) groups is 1. The maximum atomic E-state index is 12.9. The zero-order valence-corrected chi connectivity index (χ0v) is 19.6. The number of hydrogen-bond acceptors (Lipinski definition) is 5. The van der Waals surface area contributed by atoms with E-state index in [-0.39, 0.29) is 16.5 Å². The van der Waals surface area contributed by atoms with Gasteiger partial charge >= 0.3 is 0 Å². The lowest BCUT2D eigenvalue weighted by Gasteiger charge is -2.13. The van der Waals surface area contributed by atoms with E-state index in [1.807, 2.05) is 12.1 Å². The predicted molar refractivity (Wildman–Crippen MR) is 132 cm³/mol. The number of benzene rings is 3. The molecular weight excluding hydrogens is 478 g/mol. The number of nitrogens with one attached hydrogen (secondary N) is 2. The first-order valence-corrected chi connectivity index (χ1v) is 12.8. The summed E-state index contributed by atoms with van der Waals surface area (Å²) in [6, 6.07) is 20.3. The van der Waals surface area contributed by atoms with Crippen LogP contribution in [0.25, 0.3) is 11.3 Å². The average molecular weight is 496 g/mol. The molecule has 0 unspecified atom stereocenters. The highest BCUT2D eigenvalue weighted by Crippen LogP contribution is 2.38. The molecule has 0 aliphatic heterocycles. The third-order valence-corrected chi connectivity index (χ3v) is 7.99. The lowest BCUT2D eigenvalue weighted by Crippen LogP contribution is -2.15. The fraction of sp³-hybridized carbons (Fsp3) is 0.0833. The van der Waals surface area contributed by atoms with E-state index in [1.54, 1.807) is 18.2 Å². The van der Waals surface area contributed by atoms with Crippen molar-refractivity contribution in [3.05, 3.63) is 93.8 Å². The third-order valence-electron chi connectivity index (χ3n) is 5.31. The SMILES string of the molecule is O=C(Nc1nc2c(s1)CCc1ccccc1-2)c1cccc(NS(=O)(=O)c2ccc(Cl)cc2)c1. The van der Waals surface area contributed by atoms with Gasteiger partial charge in [-0.3, -0.25) is 14.8 Å². The van der Waals surface area contributed by atoms with Crippen molar-refractivity contribution in [2.75, 3.05) is 10.0 Å². The van der Waals surface area contributed by atoms with Crippen LogP contribution in [0.5, 0.6) is 0 Å². The predicted octanol–water partition coefficient (Wildman–Crippen LogP) is 5.62. The van der Waals surface area contributed by atoms with Crippen LogP contribution in [0.15, 0.2) is 77.7 Å². The van der Waals surface area contributed by atoms with Gasteiger partial charge in [0.2, 0.25) is 0 Å². The van der Waals surface area contributed by atoms with Gasteiger partial charge in [0.05, 0.1) is 10.6 Å². The van der Waals surface area contributed by atoms with Gasteiger partial charge < -0.3 is 0 Å². The van der Waals surface area contributed by atoms with Crippen LogP contribution in [0.3, 0.4) is 0 Å². The normalized spacial score (nSPS) is 12.5. The molecule has 1 aliphatic rings. The van der Waals surface area contributed by atoms with Crippen molar-refractivity contribution in [1.82, 2.24) is 4.98 Å². The minimum absolute atomic E-state index is 0.0791. The molecule has 0 saturated carbocycles. The second-order valence-electron chi connectivity index (χ2n) is 7.54. The molecule has 0 bridgehead atoms. The average Bonchev–Trinajstić information content (AvgIpc) is 3.22. The van der Waals surface area contributed by atoms with Crippen molar-refractivity contribution in [3.63, 3.8) is 0 Å². The van der Waals surface area contributed by atoms with Crippen LogP contribution in [0, 0.1) is 0 Å². The Morgan fingerprint density at radius 2 is 1.76 bits per heavy atom. The fourth-order valence-corrected chi connectivity index (χ4v) is 5.87. The van der Waals surface area contributed by atoms with Crippen LogP contribution in [0.1, 0.15) is 20.8 Å². The molecule has 1 amide bonds. The highest BCUT2D eigenvalue weighted by molar-refractivity contribution is 7.92. The van der Waals surface area contributed by atoms with Crippen LogP contribution >= 0.6 is 22.9 Å². The number of sulfonamides is 1. The third kappa shape index (κ3) is 4.50. The number of thiazole rings is 1. The number of rotatable bonds is 5. The summed E-state index contributed by atoms with van der Waals surface area (Å²) in [6.45, 7) is 0. The Labute approximate surface area is 200 Å². The van der Waals surface area contributed by atoms with Gasteiger partial charge in [-0.25, -0.2) is 13.4 Å². The molecule has 33 heavy (non-hydrogen) atoms. The summed E-state index contributed by atoms with van der Waals surface area (Å²) in [4.78, 5) is 18.7. The Bertz CT molecular complexity index is 1460. The first-order valence-electron chi connectivity index (χ1n) is 10.2. The highest BCUT2D eigenvalue weighted by atomic mass is 35.5. The molecule has 1 aliphatic carbocycles. The van der Waals surface area contributed by atoms with Gasteiger partial charge in [0.1, 0.15) is 0 Å². The molecule has 6 nitrogen and oxygen atoms in total. The number of aryl methyl sites for hydroxylation is 2. The molecule has 4 aromatic rings. The van der Waals surface area contributed by atoms with E-state index >= 15 is 0 Å². The van der Waals surface area contributed by atoms with E-state index in [9.17, 15) is 13.2 Å². The largest absolute Gasteiger partial charge is 0.298 e. The van der Waals surface area contributed by atoms with E-state index in [0.717, 1.165) is 29.0 Å². The molecule has 0 fully saturated rings. The van der Waals surface area contributed by atoms with Crippen molar-refractivity contribution in [3.8, 4) is 11.3 Å². The van der Waals surface area contributed by atoms with Gasteiger partial charge in [0.25, 0.3) is 15.9 Å². The summed E-state index contributed by atoms with van der Waals surface area (Å²) in [6.07, 6.45) is 1.84. The topological polar surface area (TPSA) is 88.2 Å². The lowest BCUT2D eigenvalue weighted by atomic mass is 9.94. The number of hydrogen-bond donors (Lipinski definition) is 2. The van der Waals surface area contributed by atoms with Crippen molar-refractivity contribution in [2.24, 2.45) is 0 Å². The van der Waals surface area contributed by atoms with Gasteiger partial charge in [0.15, 0.2) is 5.13 Å². The van der Waals surface area contributed by atoms with Gasteiger partial charge in [-0.05, 0) is 60.9 Å². The van der Waals surface area contributed by atoms with E-state index in [2.05, 4.69) is 27.2 Å². The van der Waals surface area contributed by atoms with Crippen LogP contribution < -0.4 is 10.0 Å². The lowest BCUT2D eigenvalue weighted by molar-refractivity contribution is 0.102. The summed E-state index contributed by atoms with van der Waals surface area (Å²) in [5.41, 5.74) is 3.88. The zero-order chi connectivity index (χ0) is 23.0. The van der Waals surface area contributed by atoms with Crippen LogP contribution in [-0.2, 0) is 22.9 Å². The quantitative estimate of drug-likeness (QED) is 0.376. The minimum Gasteiger partial charge on any atom is -0.298 e. The Hall–Kier alpha value is -3.20. The van der Waals surface area contributed by atoms with E-state index in [0.29, 0.717) is 15.7 Å². The fourth-order valence-electron chi connectivity index (χ4n) is 3.72. The van der Waals surface area contributed by atoms with Crippen LogP contribution in [0.4, 0.5) is 10.8 Å². The number of nitrogens with zero attached hydrogens (tertiary/aromatic N) is 1. The Balaban J connectivity index is 1.34. The number of aromatic nitrogens is 1. The Morgan fingerprint density at radius 3 is 2.58 bits per heavy atom. The minimum atomic E-state index is -3.81. The zero-order valence-electron chi connectivity index (χ0n) is 17.2. The van der Waals surface area contributed by atoms with Crippen molar-refractivity contribution >= 4 is 49.7 Å². The molecule has 0 radical (unpaired) electrons. The van der Waals surface area contributed by atoms with Crippen molar-refractivity contribution in [1.29, 1.82) is 0 Å². The molecule has 0 saturated heterocycles. The molecule has 5 rings (SSSR count). The smallest absolute Gasteiger partial charge is 0.261 e. The molecular formula is C24H18ClN3O3S2. The number of amides is 1. The van der Waals surface area contributed by atoms with Gasteiger partial charge in [-0.1, -0.05) is 41.9 Å². The first-order chi connectivity index (χ1) is 15.9. The molecule has 1 heterocycles. The monoisotopic (exact) mass is 495 g/mol. The summed E-state index contributed by atoms with van der Waals surface area (Å²) in [5.74, 6) is -0.359. The first kappa shape index (κ1) is 21.6. The molecule has 3 aromatic carbocycles. The van der Waals surface area contributed by atoms with Crippen molar-refractivity contribution < 1.29 is 13.2 Å². The van der Waals surface area contributed by atoms with E-state index < -0.39 is 10.0 Å². The van der Waals surface area contributed by atoms with Gasteiger partial charge in [-0.15, -0.1) is 11.3 Å². The Morgan fingerprint density at radius 1 is 0.970 bits per heavy atom. The molecule has 166 valence electrons. The van der Waals surface area contributed by atoms with Crippen LogP contribution in [0.2, 0.25) is 5.02 Å². The molecule has 0 atom stereocenters. The molecule has 1 aromatic heterocycles. The summed E-state index contributed by atoms with van der Waals surface area (Å²) < 4.78 is 27.8. The van der Waals surface area contributed by atoms with E-state index in [4.69, 9.17) is 11.6 Å². The highest BCUT2D eigenvalue weighted by Gasteiger charge is 2.22.